The molecule has 0 saturated heterocycles. The first kappa shape index (κ1) is 14.4. The Morgan fingerprint density at radius 3 is 2.55 bits per heavy atom. The Bertz CT molecular complexity index is 607. The van der Waals surface area contributed by atoms with Gasteiger partial charge in [0.2, 0.25) is 5.88 Å². The highest BCUT2D eigenvalue weighted by Gasteiger charge is 2.16. The molecule has 1 aromatic heterocycles. The van der Waals surface area contributed by atoms with Crippen LogP contribution >= 0.6 is 0 Å². The molecule has 1 aromatic carbocycles. The Kier molecular flexibility index (Phi) is 4.26. The molecular weight excluding hydrogens is 260 g/mol. The van der Waals surface area contributed by atoms with Gasteiger partial charge in [-0.15, -0.1) is 0 Å². The van der Waals surface area contributed by atoms with Crippen LogP contribution in [-0.2, 0) is 20.3 Å². The Morgan fingerprint density at radius 2 is 1.95 bits per heavy atom. The second-order valence-corrected chi connectivity index (χ2v) is 4.40. The van der Waals surface area contributed by atoms with Gasteiger partial charge in [0.25, 0.3) is 0 Å². The largest absolute Gasteiger partial charge is 0.493 e. The second kappa shape index (κ2) is 5.94. The summed E-state index contributed by atoms with van der Waals surface area (Å²) in [6.07, 6.45) is 0. The molecule has 0 aliphatic heterocycles. The lowest BCUT2D eigenvalue weighted by atomic mass is 10.2. The highest BCUT2D eigenvalue weighted by atomic mass is 16.5. The van der Waals surface area contributed by atoms with E-state index in [1.807, 2.05) is 6.92 Å². The molecule has 6 heteroatoms. The third-order valence-electron chi connectivity index (χ3n) is 3.06. The van der Waals surface area contributed by atoms with E-state index in [0.29, 0.717) is 22.9 Å². The molecule has 0 amide bonds. The van der Waals surface area contributed by atoms with Gasteiger partial charge < -0.3 is 19.7 Å². The smallest absolute Gasteiger partial charge is 0.223 e. The molecule has 0 saturated carbocycles. The topological polar surface area (TPSA) is 76.7 Å². The Balaban J connectivity index is 2.39. The lowest BCUT2D eigenvalue weighted by molar-refractivity contribution is 0.273. The van der Waals surface area contributed by atoms with E-state index in [1.165, 1.54) is 7.11 Å². The molecule has 108 valence electrons. The van der Waals surface area contributed by atoms with Gasteiger partial charge >= 0.3 is 0 Å². The number of hydrogen-bond donors (Lipinski definition) is 2. The molecule has 0 spiro atoms. The van der Waals surface area contributed by atoms with Gasteiger partial charge in [-0.2, -0.15) is 5.10 Å². The van der Waals surface area contributed by atoms with Gasteiger partial charge in [-0.3, -0.25) is 0 Å². The lowest BCUT2D eigenvalue weighted by Gasteiger charge is -2.12. The Morgan fingerprint density at radius 1 is 1.20 bits per heavy atom. The van der Waals surface area contributed by atoms with Crippen LogP contribution in [0.3, 0.4) is 0 Å². The van der Waals surface area contributed by atoms with Crippen LogP contribution in [0, 0.1) is 6.92 Å². The van der Waals surface area contributed by atoms with E-state index in [1.54, 1.807) is 29.9 Å². The van der Waals surface area contributed by atoms with Crippen molar-refractivity contribution in [2.45, 2.75) is 20.1 Å². The van der Waals surface area contributed by atoms with E-state index in [4.69, 9.17) is 14.6 Å². The first-order chi connectivity index (χ1) is 9.60. The minimum absolute atomic E-state index is 0.0661. The number of ether oxygens (including phenoxy) is 2. The summed E-state index contributed by atoms with van der Waals surface area (Å²) < 4.78 is 12.6. The molecule has 0 atom stereocenters. The van der Waals surface area contributed by atoms with Crippen LogP contribution in [0.2, 0.25) is 0 Å². The van der Waals surface area contributed by atoms with Gasteiger partial charge in [0.15, 0.2) is 11.5 Å². The molecule has 0 aliphatic rings. The summed E-state index contributed by atoms with van der Waals surface area (Å²) >= 11 is 0. The number of aliphatic hydroxyl groups is 2. The predicted octanol–water partition coefficient (Wildman–Crippen LogP) is 1.51. The summed E-state index contributed by atoms with van der Waals surface area (Å²) in [6, 6.07) is 5.17. The fourth-order valence-corrected chi connectivity index (χ4v) is 1.99. The van der Waals surface area contributed by atoms with E-state index in [0.717, 1.165) is 11.3 Å². The van der Waals surface area contributed by atoms with Gasteiger partial charge in [-0.25, -0.2) is 4.68 Å². The lowest BCUT2D eigenvalue weighted by Crippen LogP contribution is -1.99. The van der Waals surface area contributed by atoms with Crippen molar-refractivity contribution < 1.29 is 19.7 Å². The maximum atomic E-state index is 9.40. The third-order valence-corrected chi connectivity index (χ3v) is 3.06. The number of rotatable bonds is 5. The molecule has 0 fully saturated rings. The summed E-state index contributed by atoms with van der Waals surface area (Å²) in [4.78, 5) is 0. The minimum atomic E-state index is -0.147. The van der Waals surface area contributed by atoms with Crippen LogP contribution in [0.15, 0.2) is 18.2 Å². The zero-order valence-electron chi connectivity index (χ0n) is 11.8. The molecule has 2 rings (SSSR count). The molecule has 2 aromatic rings. The van der Waals surface area contributed by atoms with Crippen LogP contribution < -0.4 is 9.47 Å². The second-order valence-electron chi connectivity index (χ2n) is 4.40. The van der Waals surface area contributed by atoms with Crippen LogP contribution in [0.25, 0.3) is 0 Å². The van der Waals surface area contributed by atoms with Crippen molar-refractivity contribution in [1.82, 2.24) is 9.78 Å². The molecule has 0 bridgehead atoms. The fraction of sp³-hybridized carbons (Fsp3) is 0.357. The number of aliphatic hydroxyl groups excluding tert-OH is 2. The van der Waals surface area contributed by atoms with Gasteiger partial charge in [0.1, 0.15) is 0 Å². The van der Waals surface area contributed by atoms with Crippen molar-refractivity contribution in [1.29, 1.82) is 0 Å². The number of nitrogens with zero attached hydrogens (tertiary/aromatic N) is 2. The summed E-state index contributed by atoms with van der Waals surface area (Å²) in [6.45, 7) is 1.60. The number of hydrogen-bond acceptors (Lipinski definition) is 5. The van der Waals surface area contributed by atoms with Crippen molar-refractivity contribution in [2.75, 3.05) is 7.11 Å². The van der Waals surface area contributed by atoms with E-state index >= 15 is 0 Å². The zero-order chi connectivity index (χ0) is 14.7. The predicted molar refractivity (Wildman–Crippen MR) is 72.9 cm³/mol. The molecule has 20 heavy (non-hydrogen) atoms. The fourth-order valence-electron chi connectivity index (χ4n) is 1.99. The van der Waals surface area contributed by atoms with Gasteiger partial charge in [0, 0.05) is 7.05 Å². The normalized spacial score (nSPS) is 10.7. The average molecular weight is 278 g/mol. The van der Waals surface area contributed by atoms with Crippen molar-refractivity contribution >= 4 is 0 Å². The van der Waals surface area contributed by atoms with Gasteiger partial charge in [0.05, 0.1) is 31.6 Å². The Hall–Kier alpha value is -2.05. The van der Waals surface area contributed by atoms with Gasteiger partial charge in [-0.05, 0) is 24.6 Å². The van der Waals surface area contributed by atoms with Gasteiger partial charge in [-0.1, -0.05) is 6.07 Å². The summed E-state index contributed by atoms with van der Waals surface area (Å²) in [5, 5.41) is 22.7. The minimum Gasteiger partial charge on any atom is -0.493 e. The molecular formula is C14H18N2O4. The van der Waals surface area contributed by atoms with E-state index in [2.05, 4.69) is 5.10 Å². The summed E-state index contributed by atoms with van der Waals surface area (Å²) in [5.41, 5.74) is 2.09. The third kappa shape index (κ3) is 2.61. The van der Waals surface area contributed by atoms with Crippen LogP contribution in [0.4, 0.5) is 0 Å². The number of methoxy groups -OCH3 is 1. The molecule has 2 N–H and O–H groups in total. The van der Waals surface area contributed by atoms with Crippen molar-refractivity contribution in [2.24, 2.45) is 7.05 Å². The summed E-state index contributed by atoms with van der Waals surface area (Å²) in [7, 11) is 3.28. The van der Waals surface area contributed by atoms with Crippen LogP contribution in [0.5, 0.6) is 17.4 Å². The average Bonchev–Trinajstić information content (AvgIpc) is 2.73. The quantitative estimate of drug-likeness (QED) is 0.867. The van der Waals surface area contributed by atoms with Crippen molar-refractivity contribution in [3.63, 3.8) is 0 Å². The first-order valence-corrected chi connectivity index (χ1v) is 6.19. The number of aryl methyl sites for hydroxylation is 2. The number of aromatic nitrogens is 2. The highest BCUT2D eigenvalue weighted by Crippen LogP contribution is 2.34. The highest BCUT2D eigenvalue weighted by molar-refractivity contribution is 5.46. The van der Waals surface area contributed by atoms with Crippen molar-refractivity contribution in [3.05, 3.63) is 35.0 Å². The monoisotopic (exact) mass is 278 g/mol. The molecule has 0 unspecified atom stereocenters. The molecule has 6 nitrogen and oxygen atoms in total. The van der Waals surface area contributed by atoms with E-state index < -0.39 is 0 Å². The number of benzene rings is 1. The molecule has 1 heterocycles. The SMILES string of the molecule is COc1cc(CO)ccc1Oc1c(CO)c(C)nn1C. The van der Waals surface area contributed by atoms with Crippen molar-refractivity contribution in [3.8, 4) is 17.4 Å². The first-order valence-electron chi connectivity index (χ1n) is 6.19. The Labute approximate surface area is 117 Å². The van der Waals surface area contributed by atoms with E-state index in [9.17, 15) is 5.11 Å². The zero-order valence-corrected chi connectivity index (χ0v) is 11.8. The standard InChI is InChI=1S/C14H18N2O4/c1-9-11(8-18)14(16(2)15-9)20-12-5-4-10(7-17)6-13(12)19-3/h4-6,17-18H,7-8H2,1-3H3. The van der Waals surface area contributed by atoms with E-state index in [-0.39, 0.29) is 13.2 Å². The summed E-state index contributed by atoms with van der Waals surface area (Å²) in [5.74, 6) is 1.49. The van der Waals surface area contributed by atoms with Crippen LogP contribution in [0.1, 0.15) is 16.8 Å². The van der Waals surface area contributed by atoms with Crippen LogP contribution in [-0.4, -0.2) is 27.1 Å². The molecule has 0 aliphatic carbocycles. The maximum Gasteiger partial charge on any atom is 0.223 e. The maximum absolute atomic E-state index is 9.40. The molecule has 0 radical (unpaired) electrons.